The lowest BCUT2D eigenvalue weighted by molar-refractivity contribution is 0.0703. The number of carbonyl (C=O) groups excluding carboxylic acids is 1. The van der Waals surface area contributed by atoms with Gasteiger partial charge in [-0.05, 0) is 40.9 Å². The molecule has 6 heteroatoms. The van der Waals surface area contributed by atoms with Crippen molar-refractivity contribution < 1.29 is 19.4 Å². The standard InChI is InChI=1S/C14H18BrNO4/c1-19-10-7-11(13(20-2)12(15)8-10)14(18)16(5-6-17)9-3-4-9/h7-9,17H,3-6H2,1-2H3. The van der Waals surface area contributed by atoms with E-state index >= 15 is 0 Å². The van der Waals surface area contributed by atoms with Crippen LogP contribution in [-0.4, -0.2) is 49.3 Å². The molecule has 5 nitrogen and oxygen atoms in total. The van der Waals surface area contributed by atoms with E-state index < -0.39 is 0 Å². The maximum Gasteiger partial charge on any atom is 0.258 e. The molecule has 0 unspecified atom stereocenters. The molecule has 0 spiro atoms. The first kappa shape index (κ1) is 15.1. The first-order valence-corrected chi connectivity index (χ1v) is 7.25. The Morgan fingerprint density at radius 1 is 1.40 bits per heavy atom. The largest absolute Gasteiger partial charge is 0.497 e. The fourth-order valence-corrected chi connectivity index (χ4v) is 2.75. The Balaban J connectivity index is 2.38. The van der Waals surface area contributed by atoms with Gasteiger partial charge in [0.25, 0.3) is 5.91 Å². The number of methoxy groups -OCH3 is 2. The van der Waals surface area contributed by atoms with Gasteiger partial charge in [0.15, 0.2) is 0 Å². The molecule has 1 aliphatic carbocycles. The fraction of sp³-hybridized carbons (Fsp3) is 0.500. The van der Waals surface area contributed by atoms with Crippen molar-refractivity contribution in [3.63, 3.8) is 0 Å². The van der Waals surface area contributed by atoms with Gasteiger partial charge in [0.05, 0.1) is 30.9 Å². The third-order valence-corrected chi connectivity index (χ3v) is 3.87. The molecule has 1 N–H and O–H groups in total. The van der Waals surface area contributed by atoms with Crippen LogP contribution in [0.1, 0.15) is 23.2 Å². The number of halogens is 1. The molecule has 0 atom stereocenters. The number of carbonyl (C=O) groups is 1. The molecular weight excluding hydrogens is 326 g/mol. The molecule has 0 radical (unpaired) electrons. The van der Waals surface area contributed by atoms with Gasteiger partial charge in [0.1, 0.15) is 11.5 Å². The van der Waals surface area contributed by atoms with Gasteiger partial charge in [-0.3, -0.25) is 4.79 Å². The van der Waals surface area contributed by atoms with Crippen LogP contribution in [0.15, 0.2) is 16.6 Å². The molecule has 0 aromatic heterocycles. The zero-order valence-electron chi connectivity index (χ0n) is 11.6. The van der Waals surface area contributed by atoms with Crippen molar-refractivity contribution in [1.82, 2.24) is 4.90 Å². The lowest BCUT2D eigenvalue weighted by atomic mass is 10.1. The zero-order chi connectivity index (χ0) is 14.7. The van der Waals surface area contributed by atoms with Crippen LogP contribution >= 0.6 is 15.9 Å². The van der Waals surface area contributed by atoms with E-state index in [2.05, 4.69) is 15.9 Å². The van der Waals surface area contributed by atoms with Gasteiger partial charge in [0.2, 0.25) is 0 Å². The zero-order valence-corrected chi connectivity index (χ0v) is 13.1. The number of ether oxygens (including phenoxy) is 2. The fourth-order valence-electron chi connectivity index (χ4n) is 2.15. The van der Waals surface area contributed by atoms with Crippen LogP contribution in [0, 0.1) is 0 Å². The lowest BCUT2D eigenvalue weighted by Crippen LogP contribution is -2.35. The number of aliphatic hydroxyl groups excluding tert-OH is 1. The summed E-state index contributed by atoms with van der Waals surface area (Å²) in [5.74, 6) is 0.929. The molecule has 1 fully saturated rings. The van der Waals surface area contributed by atoms with Gasteiger partial charge in [-0.25, -0.2) is 0 Å². The summed E-state index contributed by atoms with van der Waals surface area (Å²) in [7, 11) is 3.08. The minimum Gasteiger partial charge on any atom is -0.497 e. The van der Waals surface area contributed by atoms with Crippen molar-refractivity contribution >= 4 is 21.8 Å². The number of rotatable bonds is 6. The van der Waals surface area contributed by atoms with E-state index in [1.807, 2.05) is 0 Å². The quantitative estimate of drug-likeness (QED) is 0.858. The summed E-state index contributed by atoms with van der Waals surface area (Å²) < 4.78 is 11.2. The predicted molar refractivity (Wildman–Crippen MR) is 78.4 cm³/mol. The Labute approximate surface area is 126 Å². The highest BCUT2D eigenvalue weighted by Gasteiger charge is 2.34. The van der Waals surface area contributed by atoms with Crippen LogP contribution in [0.3, 0.4) is 0 Å². The SMILES string of the molecule is COc1cc(Br)c(OC)c(C(=O)N(CCO)C2CC2)c1. The molecule has 1 amide bonds. The first-order chi connectivity index (χ1) is 9.62. The first-order valence-electron chi connectivity index (χ1n) is 6.45. The number of amides is 1. The van der Waals surface area contributed by atoms with E-state index in [4.69, 9.17) is 14.6 Å². The summed E-state index contributed by atoms with van der Waals surface area (Å²) in [6.45, 7) is 0.289. The van der Waals surface area contributed by atoms with Crippen LogP contribution in [0.25, 0.3) is 0 Å². The van der Waals surface area contributed by atoms with Crippen LogP contribution in [0.5, 0.6) is 11.5 Å². The summed E-state index contributed by atoms with van der Waals surface area (Å²) in [5.41, 5.74) is 0.444. The molecule has 20 heavy (non-hydrogen) atoms. The summed E-state index contributed by atoms with van der Waals surface area (Å²) in [6.07, 6.45) is 1.97. The van der Waals surface area contributed by atoms with Crippen molar-refractivity contribution in [2.45, 2.75) is 18.9 Å². The molecule has 0 heterocycles. The highest BCUT2D eigenvalue weighted by Crippen LogP contribution is 2.36. The number of benzene rings is 1. The minimum absolute atomic E-state index is 0.0459. The predicted octanol–water partition coefficient (Wildman–Crippen LogP) is 2.06. The van der Waals surface area contributed by atoms with Crippen molar-refractivity contribution in [2.75, 3.05) is 27.4 Å². The van der Waals surface area contributed by atoms with Crippen LogP contribution in [0.4, 0.5) is 0 Å². The number of hydrogen-bond acceptors (Lipinski definition) is 4. The Hall–Kier alpha value is -1.27. The van der Waals surface area contributed by atoms with Crippen LogP contribution in [0.2, 0.25) is 0 Å². The average molecular weight is 344 g/mol. The number of aliphatic hydroxyl groups is 1. The maximum absolute atomic E-state index is 12.7. The van der Waals surface area contributed by atoms with Crippen molar-refractivity contribution in [1.29, 1.82) is 0 Å². The molecule has 1 aromatic carbocycles. The number of hydrogen-bond donors (Lipinski definition) is 1. The monoisotopic (exact) mass is 343 g/mol. The van der Waals surface area contributed by atoms with E-state index in [9.17, 15) is 4.79 Å². The third-order valence-electron chi connectivity index (χ3n) is 3.28. The highest BCUT2D eigenvalue weighted by molar-refractivity contribution is 9.10. The minimum atomic E-state index is -0.141. The molecule has 1 aliphatic rings. The topological polar surface area (TPSA) is 59.0 Å². The van der Waals surface area contributed by atoms with Crippen molar-refractivity contribution in [3.8, 4) is 11.5 Å². The van der Waals surface area contributed by atoms with E-state index in [1.54, 1.807) is 24.1 Å². The summed E-state index contributed by atoms with van der Waals surface area (Å²) in [5, 5.41) is 9.13. The van der Waals surface area contributed by atoms with Gasteiger partial charge in [-0.15, -0.1) is 0 Å². The molecule has 0 bridgehead atoms. The molecule has 110 valence electrons. The van der Waals surface area contributed by atoms with E-state index in [-0.39, 0.29) is 18.6 Å². The van der Waals surface area contributed by atoms with Gasteiger partial charge < -0.3 is 19.5 Å². The molecule has 1 saturated carbocycles. The Bertz CT molecular complexity index is 502. The lowest BCUT2D eigenvalue weighted by Gasteiger charge is -2.23. The number of nitrogens with zero attached hydrogens (tertiary/aromatic N) is 1. The normalized spacial score (nSPS) is 14.0. The Kier molecular flexibility index (Phi) is 4.88. The van der Waals surface area contributed by atoms with Gasteiger partial charge in [-0.1, -0.05) is 0 Å². The summed E-state index contributed by atoms with van der Waals surface area (Å²) >= 11 is 3.38. The average Bonchev–Trinajstić information content (AvgIpc) is 3.27. The summed E-state index contributed by atoms with van der Waals surface area (Å²) in [4.78, 5) is 14.4. The van der Waals surface area contributed by atoms with E-state index in [1.165, 1.54) is 7.11 Å². The van der Waals surface area contributed by atoms with E-state index in [0.717, 1.165) is 12.8 Å². The van der Waals surface area contributed by atoms with E-state index in [0.29, 0.717) is 28.1 Å². The highest BCUT2D eigenvalue weighted by atomic mass is 79.9. The smallest absolute Gasteiger partial charge is 0.258 e. The van der Waals surface area contributed by atoms with Gasteiger partial charge in [0, 0.05) is 12.6 Å². The molecule has 0 saturated heterocycles. The van der Waals surface area contributed by atoms with Gasteiger partial charge in [-0.2, -0.15) is 0 Å². The second-order valence-corrected chi connectivity index (χ2v) is 5.50. The third kappa shape index (κ3) is 3.07. The molecule has 0 aliphatic heterocycles. The second-order valence-electron chi connectivity index (χ2n) is 4.64. The molecule has 2 rings (SSSR count). The Morgan fingerprint density at radius 2 is 2.10 bits per heavy atom. The van der Waals surface area contributed by atoms with Crippen molar-refractivity contribution in [2.24, 2.45) is 0 Å². The molecular formula is C14H18BrNO4. The van der Waals surface area contributed by atoms with Crippen LogP contribution < -0.4 is 9.47 Å². The Morgan fingerprint density at radius 3 is 2.60 bits per heavy atom. The van der Waals surface area contributed by atoms with Crippen molar-refractivity contribution in [3.05, 3.63) is 22.2 Å². The maximum atomic E-state index is 12.7. The second kappa shape index (κ2) is 6.45. The van der Waals surface area contributed by atoms with Gasteiger partial charge >= 0.3 is 0 Å². The summed E-state index contributed by atoms with van der Waals surface area (Å²) in [6, 6.07) is 3.64. The van der Waals surface area contributed by atoms with Crippen LogP contribution in [-0.2, 0) is 0 Å². The molecule has 1 aromatic rings.